The number of alkyl carbamates (subject to hydrolysis) is 1. The van der Waals surface area contributed by atoms with E-state index >= 15 is 0 Å². The molecule has 0 spiro atoms. The zero-order valence-corrected chi connectivity index (χ0v) is 33.0. The third kappa shape index (κ3) is 10.2. The number of pyridine rings is 1. The smallest absolute Gasteiger partial charge is 0.408 e. The molecule has 3 fully saturated rings. The highest BCUT2D eigenvalue weighted by molar-refractivity contribution is 6.35. The Kier molecular flexibility index (Phi) is 13.3. The van der Waals surface area contributed by atoms with Crippen LogP contribution in [0.25, 0.3) is 0 Å². The molecule has 5 aromatic rings. The highest BCUT2D eigenvalue weighted by atomic mass is 35.5. The van der Waals surface area contributed by atoms with Crippen molar-refractivity contribution in [2.75, 3.05) is 26.2 Å². The van der Waals surface area contributed by atoms with Crippen LogP contribution >= 0.6 is 23.2 Å². The molecular weight excluding hydrogens is 795 g/mol. The van der Waals surface area contributed by atoms with Crippen molar-refractivity contribution in [3.63, 3.8) is 0 Å². The Morgan fingerprint density at radius 2 is 1.66 bits per heavy atom. The van der Waals surface area contributed by atoms with Crippen LogP contribution in [0.15, 0.2) is 102 Å². The minimum atomic E-state index is -3.08. The van der Waals surface area contributed by atoms with E-state index in [1.807, 2.05) is 48.5 Å². The first-order valence-electron chi connectivity index (χ1n) is 18.9. The zero-order chi connectivity index (χ0) is 40.6. The van der Waals surface area contributed by atoms with Crippen LogP contribution in [0.3, 0.4) is 0 Å². The maximum atomic E-state index is 13.6. The van der Waals surface area contributed by atoms with Crippen LogP contribution in [0.4, 0.5) is 13.6 Å². The normalized spacial score (nSPS) is 18.3. The number of nitrogens with zero attached hydrogens (tertiary/aromatic N) is 2. The van der Waals surface area contributed by atoms with Gasteiger partial charge >= 0.3 is 18.7 Å². The van der Waals surface area contributed by atoms with E-state index in [1.165, 1.54) is 36.7 Å². The van der Waals surface area contributed by atoms with Gasteiger partial charge in [0.05, 0.1) is 22.7 Å². The lowest BCUT2D eigenvalue weighted by Crippen LogP contribution is -2.52. The van der Waals surface area contributed by atoms with Crippen LogP contribution in [0.2, 0.25) is 10.0 Å². The van der Waals surface area contributed by atoms with Gasteiger partial charge in [-0.25, -0.2) is 9.59 Å². The maximum Gasteiger partial charge on any atom is 0.408 e. The monoisotopic (exact) mass is 835 g/mol. The van der Waals surface area contributed by atoms with Crippen LogP contribution < -0.4 is 19.5 Å². The van der Waals surface area contributed by atoms with E-state index in [0.717, 1.165) is 43.6 Å². The van der Waals surface area contributed by atoms with Crippen molar-refractivity contribution in [3.8, 4) is 17.2 Å². The van der Waals surface area contributed by atoms with Gasteiger partial charge in [-0.2, -0.15) is 8.78 Å². The number of furan rings is 1. The largest absolute Gasteiger partial charge is 0.490 e. The van der Waals surface area contributed by atoms with E-state index in [4.69, 9.17) is 46.6 Å². The van der Waals surface area contributed by atoms with Gasteiger partial charge in [0.2, 0.25) is 5.76 Å². The molecule has 1 amide bonds. The molecule has 3 aliphatic heterocycles. The molecule has 0 radical (unpaired) electrons. The molecule has 11 nitrogen and oxygen atoms in total. The number of carbonyl (C=O) groups excluding carboxylic acids is 2. The van der Waals surface area contributed by atoms with E-state index in [2.05, 4.69) is 19.9 Å². The topological polar surface area (TPSA) is 122 Å². The van der Waals surface area contributed by atoms with E-state index < -0.39 is 30.8 Å². The van der Waals surface area contributed by atoms with Crippen LogP contribution in [0.1, 0.15) is 70.5 Å². The van der Waals surface area contributed by atoms with Crippen LogP contribution in [-0.4, -0.2) is 60.9 Å². The lowest BCUT2D eigenvalue weighted by atomic mass is 9.86. The summed E-state index contributed by atoms with van der Waals surface area (Å²) in [6, 6.07) is 23.7. The number of ether oxygens (including phenoxy) is 5. The molecule has 3 saturated heterocycles. The van der Waals surface area contributed by atoms with E-state index in [9.17, 15) is 18.4 Å². The van der Waals surface area contributed by atoms with Crippen molar-refractivity contribution in [1.82, 2.24) is 15.2 Å². The SMILES string of the molecule is CCOc1cc([C@H](Cc2c(Cl)cncc2Cl)OC(=O)c2ccc(COc3cccc([C@@H](NC(=O)O[C@H]4CN5CCC4CC5)c4ccccc4)c3)o2)ccc1OC(F)F. The minimum Gasteiger partial charge on any atom is -0.490 e. The average molecular weight is 837 g/mol. The van der Waals surface area contributed by atoms with Crippen molar-refractivity contribution in [2.45, 2.75) is 57.7 Å². The molecular formula is C43H41Cl2F2N3O8. The number of amides is 1. The van der Waals surface area contributed by atoms with Crippen molar-refractivity contribution >= 4 is 35.3 Å². The van der Waals surface area contributed by atoms with Crippen LogP contribution in [-0.2, 0) is 22.5 Å². The maximum absolute atomic E-state index is 13.6. The number of alkyl halides is 2. The molecule has 3 atom stereocenters. The van der Waals surface area contributed by atoms with Gasteiger partial charge in [-0.3, -0.25) is 9.88 Å². The highest BCUT2D eigenvalue weighted by Gasteiger charge is 2.37. The predicted molar refractivity (Wildman–Crippen MR) is 211 cm³/mol. The average Bonchev–Trinajstić information content (AvgIpc) is 3.71. The van der Waals surface area contributed by atoms with E-state index in [0.29, 0.717) is 28.6 Å². The number of hydrogen-bond acceptors (Lipinski definition) is 10. The molecule has 15 heteroatoms. The predicted octanol–water partition coefficient (Wildman–Crippen LogP) is 9.61. The van der Waals surface area contributed by atoms with Gasteiger partial charge in [0, 0.05) is 25.4 Å². The van der Waals surface area contributed by atoms with Gasteiger partial charge < -0.3 is 33.4 Å². The highest BCUT2D eigenvalue weighted by Crippen LogP contribution is 2.37. The molecule has 3 aromatic carbocycles. The molecule has 304 valence electrons. The number of rotatable bonds is 16. The van der Waals surface area contributed by atoms with Crippen molar-refractivity contribution in [2.24, 2.45) is 5.92 Å². The number of aromatic nitrogens is 1. The lowest BCUT2D eigenvalue weighted by Gasteiger charge is -2.43. The van der Waals surface area contributed by atoms with E-state index in [1.54, 1.807) is 19.1 Å². The Morgan fingerprint density at radius 3 is 2.36 bits per heavy atom. The van der Waals surface area contributed by atoms with Gasteiger partial charge in [-0.15, -0.1) is 0 Å². The first-order chi connectivity index (χ1) is 28.1. The molecule has 2 bridgehead atoms. The van der Waals surface area contributed by atoms with E-state index in [-0.39, 0.29) is 53.0 Å². The van der Waals surface area contributed by atoms with Crippen molar-refractivity contribution < 1.29 is 46.5 Å². The fourth-order valence-corrected chi connectivity index (χ4v) is 7.78. The zero-order valence-electron chi connectivity index (χ0n) is 31.5. The second-order valence-corrected chi connectivity index (χ2v) is 14.7. The molecule has 8 rings (SSSR count). The molecule has 3 aliphatic rings. The fourth-order valence-electron chi connectivity index (χ4n) is 7.26. The Morgan fingerprint density at radius 1 is 0.897 bits per heavy atom. The quantitative estimate of drug-likeness (QED) is 0.0962. The van der Waals surface area contributed by atoms with Crippen molar-refractivity contribution in [3.05, 3.63) is 141 Å². The minimum absolute atomic E-state index is 0.00974. The summed E-state index contributed by atoms with van der Waals surface area (Å²) in [6.45, 7) is 1.59. The molecule has 5 heterocycles. The molecule has 0 aliphatic carbocycles. The Labute approximate surface area is 344 Å². The standard InChI is InChI=1S/C43H41Cl2F2N3O8/c1-2-53-38-20-28(11-13-35(38)57-42(46)47)37(21-32-33(44)22-48-23-34(32)45)56-41(51)36-14-12-31(55-36)25-54-30-10-6-9-29(19-30)40(27-7-4-3-5-8-27)49-43(52)58-39-24-50-17-15-26(39)16-18-50/h3-14,19-20,22-23,26,37,39-40,42H,2,15-18,21,24-25H2,1H3,(H,49,52)/t37-,39-,40-/m0/s1. The Hall–Kier alpha value is -5.37. The van der Waals surface area contributed by atoms with Crippen molar-refractivity contribution in [1.29, 1.82) is 0 Å². The second kappa shape index (κ2) is 18.9. The third-order valence-electron chi connectivity index (χ3n) is 10.1. The number of fused-ring (bicyclic) bond motifs is 3. The third-order valence-corrected chi connectivity index (χ3v) is 10.8. The Balaban J connectivity index is 1.04. The first kappa shape index (κ1) is 40.8. The summed E-state index contributed by atoms with van der Waals surface area (Å²) in [7, 11) is 0. The first-order valence-corrected chi connectivity index (χ1v) is 19.7. The summed E-state index contributed by atoms with van der Waals surface area (Å²) in [6.07, 6.45) is 3.26. The van der Waals surface area contributed by atoms with Gasteiger partial charge in [0.25, 0.3) is 0 Å². The summed E-state index contributed by atoms with van der Waals surface area (Å²) in [5.41, 5.74) is 2.50. The summed E-state index contributed by atoms with van der Waals surface area (Å²) >= 11 is 12.8. The number of hydrogen-bond donors (Lipinski definition) is 1. The molecule has 0 saturated carbocycles. The number of carbonyl (C=O) groups is 2. The van der Waals surface area contributed by atoms with Gasteiger partial charge in [-0.05, 0) is 97.4 Å². The lowest BCUT2D eigenvalue weighted by molar-refractivity contribution is -0.0514. The fraction of sp³-hybridized carbons (Fsp3) is 0.326. The number of esters is 1. The summed E-state index contributed by atoms with van der Waals surface area (Å²) < 4.78 is 60.2. The number of piperidine rings is 3. The molecule has 1 N–H and O–H groups in total. The molecule has 58 heavy (non-hydrogen) atoms. The van der Waals surface area contributed by atoms with Crippen LogP contribution in [0, 0.1) is 5.92 Å². The summed E-state index contributed by atoms with van der Waals surface area (Å²) in [5.74, 6) is 0.143. The Bertz CT molecular complexity index is 2160. The van der Waals surface area contributed by atoms with Gasteiger partial charge in [0.15, 0.2) is 11.5 Å². The molecule has 2 aromatic heterocycles. The number of nitrogens with one attached hydrogen (secondary N) is 1. The second-order valence-electron chi connectivity index (χ2n) is 13.9. The number of halogens is 4. The van der Waals surface area contributed by atoms with Crippen LogP contribution in [0.5, 0.6) is 17.2 Å². The van der Waals surface area contributed by atoms with Gasteiger partial charge in [-0.1, -0.05) is 71.7 Å². The molecule has 0 unspecified atom stereocenters. The summed E-state index contributed by atoms with van der Waals surface area (Å²) in [5, 5.41) is 3.56. The summed E-state index contributed by atoms with van der Waals surface area (Å²) in [4.78, 5) is 33.2. The number of benzene rings is 3. The van der Waals surface area contributed by atoms with Gasteiger partial charge in [0.1, 0.15) is 30.3 Å².